The number of halogens is 1. The van der Waals surface area contributed by atoms with Gasteiger partial charge in [0, 0.05) is 11.1 Å². The summed E-state index contributed by atoms with van der Waals surface area (Å²) in [6.07, 6.45) is 3.58. The van der Waals surface area contributed by atoms with Crippen LogP contribution in [0.25, 0.3) is 17.2 Å². The molecular formula is C15H12BrNO. The highest BCUT2D eigenvalue weighted by molar-refractivity contribution is 9.10. The second kappa shape index (κ2) is 4.25. The summed E-state index contributed by atoms with van der Waals surface area (Å²) in [6, 6.07) is 8.25. The molecule has 0 fully saturated rings. The van der Waals surface area contributed by atoms with E-state index in [0.29, 0.717) is 5.56 Å². The first-order valence-corrected chi connectivity index (χ1v) is 6.67. The van der Waals surface area contributed by atoms with Gasteiger partial charge in [-0.25, -0.2) is 0 Å². The number of aryl methyl sites for hydroxylation is 1. The van der Waals surface area contributed by atoms with Gasteiger partial charge < -0.3 is 4.98 Å². The average Bonchev–Trinajstić information content (AvgIpc) is 2.39. The van der Waals surface area contributed by atoms with Gasteiger partial charge >= 0.3 is 0 Å². The van der Waals surface area contributed by atoms with Gasteiger partial charge in [0.15, 0.2) is 0 Å². The molecule has 1 aromatic carbocycles. The van der Waals surface area contributed by atoms with Gasteiger partial charge in [-0.05, 0) is 45.5 Å². The van der Waals surface area contributed by atoms with E-state index in [1.807, 2.05) is 12.1 Å². The maximum Gasteiger partial charge on any atom is 0.256 e. The normalized spacial score (nSPS) is 12.7. The molecule has 1 aliphatic carbocycles. The van der Waals surface area contributed by atoms with Gasteiger partial charge in [-0.2, -0.15) is 0 Å². The number of benzene rings is 1. The van der Waals surface area contributed by atoms with Crippen LogP contribution in [0.3, 0.4) is 0 Å². The molecule has 2 aromatic rings. The molecule has 18 heavy (non-hydrogen) atoms. The van der Waals surface area contributed by atoms with Crippen molar-refractivity contribution in [1.29, 1.82) is 0 Å². The average molecular weight is 302 g/mol. The zero-order valence-corrected chi connectivity index (χ0v) is 11.4. The lowest BCUT2D eigenvalue weighted by molar-refractivity contribution is 0.915. The first-order valence-electron chi connectivity index (χ1n) is 5.87. The fourth-order valence-electron chi connectivity index (χ4n) is 2.61. The summed E-state index contributed by atoms with van der Waals surface area (Å²) in [4.78, 5) is 14.8. The van der Waals surface area contributed by atoms with Crippen molar-refractivity contribution >= 4 is 22.0 Å². The van der Waals surface area contributed by atoms with Gasteiger partial charge in [0.05, 0.1) is 4.60 Å². The second-order valence-corrected chi connectivity index (χ2v) is 5.19. The van der Waals surface area contributed by atoms with Crippen LogP contribution in [0.2, 0.25) is 0 Å². The molecule has 0 spiro atoms. The Kier molecular flexibility index (Phi) is 2.71. The first kappa shape index (κ1) is 11.5. The highest BCUT2D eigenvalue weighted by atomic mass is 79.9. The molecule has 2 nitrogen and oxygen atoms in total. The van der Waals surface area contributed by atoms with E-state index < -0.39 is 0 Å². The van der Waals surface area contributed by atoms with Crippen LogP contribution in [-0.2, 0) is 12.8 Å². The molecule has 0 radical (unpaired) electrons. The summed E-state index contributed by atoms with van der Waals surface area (Å²) in [5.74, 6) is 0. The molecule has 3 rings (SSSR count). The zero-order valence-electron chi connectivity index (χ0n) is 9.79. The number of rotatable bonds is 1. The smallest absolute Gasteiger partial charge is 0.256 e. The topological polar surface area (TPSA) is 32.9 Å². The molecule has 1 N–H and O–H groups in total. The van der Waals surface area contributed by atoms with Crippen LogP contribution in [0.15, 0.2) is 40.2 Å². The largest absolute Gasteiger partial charge is 0.316 e. The van der Waals surface area contributed by atoms with Crippen LogP contribution in [0.4, 0.5) is 0 Å². The molecule has 3 heteroatoms. The molecule has 0 bridgehead atoms. The summed E-state index contributed by atoms with van der Waals surface area (Å²) < 4.78 is 0.794. The number of pyridine rings is 1. The van der Waals surface area contributed by atoms with Crippen LogP contribution in [-0.4, -0.2) is 4.98 Å². The summed E-state index contributed by atoms with van der Waals surface area (Å²) in [7, 11) is 0. The Hall–Kier alpha value is -1.61. The van der Waals surface area contributed by atoms with Crippen LogP contribution in [0.5, 0.6) is 0 Å². The number of hydrogen-bond donors (Lipinski definition) is 1. The molecule has 1 aliphatic rings. The van der Waals surface area contributed by atoms with Crippen molar-refractivity contribution in [3.8, 4) is 11.1 Å². The summed E-state index contributed by atoms with van der Waals surface area (Å²) >= 11 is 3.46. The van der Waals surface area contributed by atoms with Crippen molar-refractivity contribution in [2.24, 2.45) is 0 Å². The Morgan fingerprint density at radius 1 is 1.28 bits per heavy atom. The number of aromatic amines is 1. The number of nitrogens with one attached hydrogen (secondary N) is 1. The lowest BCUT2D eigenvalue weighted by atomic mass is 9.84. The zero-order chi connectivity index (χ0) is 12.7. The minimum Gasteiger partial charge on any atom is -0.316 e. The Morgan fingerprint density at radius 3 is 2.83 bits per heavy atom. The lowest BCUT2D eigenvalue weighted by Crippen LogP contribution is -2.17. The number of fused-ring (bicyclic) bond motifs is 3. The lowest BCUT2D eigenvalue weighted by Gasteiger charge is -2.22. The van der Waals surface area contributed by atoms with Crippen molar-refractivity contribution in [1.82, 2.24) is 4.98 Å². The van der Waals surface area contributed by atoms with Gasteiger partial charge in [0.2, 0.25) is 0 Å². The van der Waals surface area contributed by atoms with Gasteiger partial charge in [0.1, 0.15) is 0 Å². The highest BCUT2D eigenvalue weighted by Crippen LogP contribution is 2.37. The Labute approximate surface area is 114 Å². The monoisotopic (exact) mass is 301 g/mol. The van der Waals surface area contributed by atoms with E-state index >= 15 is 0 Å². The molecule has 0 saturated carbocycles. The molecule has 0 amide bonds. The number of H-pyrrole nitrogens is 1. The van der Waals surface area contributed by atoms with E-state index in [-0.39, 0.29) is 5.56 Å². The molecule has 0 aliphatic heterocycles. The predicted molar refractivity (Wildman–Crippen MR) is 77.7 cm³/mol. The van der Waals surface area contributed by atoms with E-state index in [0.717, 1.165) is 28.6 Å². The standard InChI is InChI=1S/C15H12BrNO/c1-2-10-13-11-6-4-3-5-9(11)7-8-12(13)14(16)17-15(10)18/h2-6H,1,7-8H2,(H,17,18). The van der Waals surface area contributed by atoms with Gasteiger partial charge in [-0.1, -0.05) is 36.9 Å². The van der Waals surface area contributed by atoms with Crippen LogP contribution in [0.1, 0.15) is 16.7 Å². The van der Waals surface area contributed by atoms with E-state index in [2.05, 4.69) is 39.6 Å². The molecule has 0 atom stereocenters. The van der Waals surface area contributed by atoms with Crippen LogP contribution in [0, 0.1) is 0 Å². The summed E-state index contributed by atoms with van der Waals surface area (Å²) in [5, 5.41) is 0. The van der Waals surface area contributed by atoms with Crippen molar-refractivity contribution in [3.05, 3.63) is 62.5 Å². The van der Waals surface area contributed by atoms with Crippen molar-refractivity contribution < 1.29 is 0 Å². The predicted octanol–water partition coefficient (Wildman–Crippen LogP) is 3.55. The van der Waals surface area contributed by atoms with Crippen molar-refractivity contribution in [2.45, 2.75) is 12.8 Å². The third-order valence-electron chi connectivity index (χ3n) is 3.44. The number of hydrogen-bond acceptors (Lipinski definition) is 1. The third-order valence-corrected chi connectivity index (χ3v) is 4.12. The molecule has 1 aromatic heterocycles. The maximum absolute atomic E-state index is 12.0. The molecule has 0 saturated heterocycles. The van der Waals surface area contributed by atoms with E-state index in [1.165, 1.54) is 11.1 Å². The third kappa shape index (κ3) is 1.58. The minimum absolute atomic E-state index is 0.0904. The number of aromatic nitrogens is 1. The van der Waals surface area contributed by atoms with E-state index in [9.17, 15) is 4.79 Å². The molecule has 0 unspecified atom stereocenters. The molecule has 90 valence electrons. The van der Waals surface area contributed by atoms with Crippen molar-refractivity contribution in [2.75, 3.05) is 0 Å². The quantitative estimate of drug-likeness (QED) is 0.803. The fraction of sp³-hybridized carbons (Fsp3) is 0.133. The van der Waals surface area contributed by atoms with Gasteiger partial charge in [-0.3, -0.25) is 4.79 Å². The van der Waals surface area contributed by atoms with E-state index in [1.54, 1.807) is 6.08 Å². The summed E-state index contributed by atoms with van der Waals surface area (Å²) in [5.41, 5.74) is 5.23. The Balaban J connectivity index is 2.45. The Bertz CT molecular complexity index is 700. The van der Waals surface area contributed by atoms with Gasteiger partial charge in [-0.15, -0.1) is 0 Å². The maximum atomic E-state index is 12.0. The summed E-state index contributed by atoms with van der Waals surface area (Å²) in [6.45, 7) is 3.77. The van der Waals surface area contributed by atoms with Crippen LogP contribution >= 0.6 is 15.9 Å². The first-order chi connectivity index (χ1) is 8.72. The fourth-order valence-corrected chi connectivity index (χ4v) is 3.18. The molecular weight excluding hydrogens is 290 g/mol. The minimum atomic E-state index is -0.0904. The van der Waals surface area contributed by atoms with Crippen molar-refractivity contribution in [3.63, 3.8) is 0 Å². The SMILES string of the molecule is C=Cc1c2c(c(Br)[nH]c1=O)CCc1ccccc1-2. The highest BCUT2D eigenvalue weighted by Gasteiger charge is 2.22. The Morgan fingerprint density at radius 2 is 2.06 bits per heavy atom. The second-order valence-electron chi connectivity index (χ2n) is 4.40. The van der Waals surface area contributed by atoms with E-state index in [4.69, 9.17) is 0 Å². The molecule has 1 heterocycles. The van der Waals surface area contributed by atoms with Crippen LogP contribution < -0.4 is 5.56 Å². The van der Waals surface area contributed by atoms with Gasteiger partial charge in [0.25, 0.3) is 5.56 Å².